The lowest BCUT2D eigenvalue weighted by Gasteiger charge is -2.29. The Balaban J connectivity index is 1.45. The van der Waals surface area contributed by atoms with E-state index in [-0.39, 0.29) is 11.7 Å². The number of halogens is 1. The summed E-state index contributed by atoms with van der Waals surface area (Å²) in [7, 11) is 0. The maximum Gasteiger partial charge on any atom is 0.271 e. The zero-order chi connectivity index (χ0) is 19.3. The van der Waals surface area contributed by atoms with E-state index in [1.54, 1.807) is 18.2 Å². The van der Waals surface area contributed by atoms with Crippen molar-refractivity contribution in [3.8, 4) is 0 Å². The molecule has 0 aliphatic carbocycles. The van der Waals surface area contributed by atoms with Crippen molar-refractivity contribution in [2.75, 3.05) is 31.2 Å². The van der Waals surface area contributed by atoms with Gasteiger partial charge in [-0.1, -0.05) is 42.5 Å². The van der Waals surface area contributed by atoms with Crippen molar-refractivity contribution in [1.82, 2.24) is 5.43 Å². The van der Waals surface area contributed by atoms with Crippen LogP contribution < -0.4 is 10.3 Å². The van der Waals surface area contributed by atoms with Gasteiger partial charge in [-0.3, -0.25) is 4.79 Å². The molecule has 1 aliphatic heterocycles. The molecule has 0 aromatic heterocycles. The number of carbonyl (C=O) groups is 1. The molecular formula is C22H20FN3O2. The first-order valence-corrected chi connectivity index (χ1v) is 9.16. The number of rotatable bonds is 4. The van der Waals surface area contributed by atoms with E-state index in [0.717, 1.165) is 10.8 Å². The predicted molar refractivity (Wildman–Crippen MR) is 108 cm³/mol. The molecule has 6 heteroatoms. The molecule has 0 bridgehead atoms. The summed E-state index contributed by atoms with van der Waals surface area (Å²) in [6.45, 7) is 2.54. The Kier molecular flexibility index (Phi) is 5.30. The highest BCUT2D eigenvalue weighted by atomic mass is 19.1. The number of hydrazone groups is 1. The second-order valence-electron chi connectivity index (χ2n) is 6.54. The van der Waals surface area contributed by atoms with Crippen LogP contribution in [-0.2, 0) is 4.74 Å². The first-order valence-electron chi connectivity index (χ1n) is 9.16. The molecule has 0 saturated carbocycles. The first kappa shape index (κ1) is 18.1. The highest BCUT2D eigenvalue weighted by Gasteiger charge is 2.15. The van der Waals surface area contributed by atoms with Crippen molar-refractivity contribution in [3.05, 3.63) is 77.6 Å². The second-order valence-corrected chi connectivity index (χ2v) is 6.54. The van der Waals surface area contributed by atoms with Crippen LogP contribution in [0.25, 0.3) is 10.8 Å². The first-order chi connectivity index (χ1) is 13.7. The fourth-order valence-electron chi connectivity index (χ4n) is 3.31. The fourth-order valence-corrected chi connectivity index (χ4v) is 3.31. The molecular weight excluding hydrogens is 357 g/mol. The van der Waals surface area contributed by atoms with E-state index >= 15 is 0 Å². The quantitative estimate of drug-likeness (QED) is 0.559. The Labute approximate surface area is 162 Å². The molecule has 0 spiro atoms. The number of nitrogens with zero attached hydrogens (tertiary/aromatic N) is 2. The molecule has 1 amide bonds. The summed E-state index contributed by atoms with van der Waals surface area (Å²) in [5, 5.41) is 5.83. The molecule has 142 valence electrons. The van der Waals surface area contributed by atoms with Crippen LogP contribution in [0.5, 0.6) is 0 Å². The van der Waals surface area contributed by atoms with Crippen LogP contribution in [0.4, 0.5) is 10.1 Å². The molecule has 3 aromatic rings. The van der Waals surface area contributed by atoms with Crippen molar-refractivity contribution in [1.29, 1.82) is 0 Å². The van der Waals surface area contributed by atoms with E-state index in [4.69, 9.17) is 4.74 Å². The lowest BCUT2D eigenvalue weighted by atomic mass is 10.0. The highest BCUT2D eigenvalue weighted by molar-refractivity contribution is 6.07. The van der Waals surface area contributed by atoms with Gasteiger partial charge in [0.1, 0.15) is 5.82 Å². The summed E-state index contributed by atoms with van der Waals surface area (Å²) in [6, 6.07) is 18.1. The van der Waals surface area contributed by atoms with Crippen LogP contribution in [0.2, 0.25) is 0 Å². The number of hydrogen-bond donors (Lipinski definition) is 1. The summed E-state index contributed by atoms with van der Waals surface area (Å²) in [5.74, 6) is -0.621. The Morgan fingerprint density at radius 2 is 1.86 bits per heavy atom. The number of benzene rings is 3. The van der Waals surface area contributed by atoms with Gasteiger partial charge in [-0.05, 0) is 34.5 Å². The van der Waals surface area contributed by atoms with Crippen molar-refractivity contribution in [2.45, 2.75) is 0 Å². The molecule has 1 heterocycles. The van der Waals surface area contributed by atoms with E-state index in [0.29, 0.717) is 43.1 Å². The fraction of sp³-hybridized carbons (Fsp3) is 0.182. The van der Waals surface area contributed by atoms with Crippen molar-refractivity contribution >= 4 is 28.6 Å². The van der Waals surface area contributed by atoms with Gasteiger partial charge in [0.25, 0.3) is 5.91 Å². The summed E-state index contributed by atoms with van der Waals surface area (Å²) >= 11 is 0. The van der Waals surface area contributed by atoms with Crippen molar-refractivity contribution in [2.24, 2.45) is 5.10 Å². The number of carbonyl (C=O) groups excluding carboxylic acids is 1. The van der Waals surface area contributed by atoms with Gasteiger partial charge in [0.15, 0.2) is 0 Å². The minimum Gasteiger partial charge on any atom is -0.378 e. The predicted octanol–water partition coefficient (Wildman–Crippen LogP) is 3.58. The molecule has 1 N–H and O–H groups in total. The van der Waals surface area contributed by atoms with E-state index in [1.165, 1.54) is 12.3 Å². The van der Waals surface area contributed by atoms with Crippen LogP contribution in [0.3, 0.4) is 0 Å². The van der Waals surface area contributed by atoms with E-state index in [2.05, 4.69) is 10.5 Å². The topological polar surface area (TPSA) is 53.9 Å². The Hall–Kier alpha value is -3.25. The average Bonchev–Trinajstić information content (AvgIpc) is 2.74. The van der Waals surface area contributed by atoms with E-state index in [1.807, 2.05) is 41.3 Å². The number of hydrogen-bond acceptors (Lipinski definition) is 4. The summed E-state index contributed by atoms with van der Waals surface area (Å²) in [6.07, 6.45) is 1.44. The largest absolute Gasteiger partial charge is 0.378 e. The molecule has 28 heavy (non-hydrogen) atoms. The van der Waals surface area contributed by atoms with Gasteiger partial charge in [0.2, 0.25) is 0 Å². The SMILES string of the molecule is O=C(N/N=C\c1ccc(N2CCOCC2)c(F)c1)c1cccc2ccccc12. The zero-order valence-electron chi connectivity index (χ0n) is 15.3. The zero-order valence-corrected chi connectivity index (χ0v) is 15.3. The standard InChI is InChI=1S/C22H20FN3O2/c23-20-14-16(8-9-21(20)26-10-12-28-13-11-26)15-24-25-22(27)19-7-3-5-17-4-1-2-6-18(17)19/h1-9,14-15H,10-13H2,(H,25,27)/b24-15-. The number of amides is 1. The van der Waals surface area contributed by atoms with Gasteiger partial charge in [-0.25, -0.2) is 9.82 Å². The third-order valence-electron chi connectivity index (χ3n) is 4.74. The second kappa shape index (κ2) is 8.19. The Morgan fingerprint density at radius 1 is 1.07 bits per heavy atom. The molecule has 0 atom stereocenters. The number of morpholine rings is 1. The van der Waals surface area contributed by atoms with Gasteiger partial charge in [0.05, 0.1) is 25.1 Å². The Morgan fingerprint density at radius 3 is 2.68 bits per heavy atom. The normalized spacial score (nSPS) is 14.5. The average molecular weight is 377 g/mol. The van der Waals surface area contributed by atoms with Crippen molar-refractivity contribution < 1.29 is 13.9 Å². The maximum absolute atomic E-state index is 14.4. The van der Waals surface area contributed by atoms with Crippen molar-refractivity contribution in [3.63, 3.8) is 0 Å². The minimum absolute atomic E-state index is 0.307. The van der Waals surface area contributed by atoms with Crippen LogP contribution in [0.15, 0.2) is 65.8 Å². The van der Waals surface area contributed by atoms with Gasteiger partial charge in [-0.2, -0.15) is 5.10 Å². The number of nitrogens with one attached hydrogen (secondary N) is 1. The number of ether oxygens (including phenoxy) is 1. The van der Waals surface area contributed by atoms with E-state index < -0.39 is 0 Å². The molecule has 1 aliphatic rings. The van der Waals surface area contributed by atoms with Crippen LogP contribution in [-0.4, -0.2) is 38.4 Å². The van der Waals surface area contributed by atoms with E-state index in [9.17, 15) is 9.18 Å². The van der Waals surface area contributed by atoms with Gasteiger partial charge in [0, 0.05) is 18.7 Å². The van der Waals surface area contributed by atoms with Gasteiger partial charge < -0.3 is 9.64 Å². The number of fused-ring (bicyclic) bond motifs is 1. The summed E-state index contributed by atoms with van der Waals surface area (Å²) in [4.78, 5) is 14.4. The molecule has 4 rings (SSSR count). The third kappa shape index (κ3) is 3.87. The Bertz CT molecular complexity index is 1020. The van der Waals surface area contributed by atoms with Crippen LogP contribution in [0.1, 0.15) is 15.9 Å². The lowest BCUT2D eigenvalue weighted by molar-refractivity contribution is 0.0957. The third-order valence-corrected chi connectivity index (χ3v) is 4.74. The molecule has 5 nitrogen and oxygen atoms in total. The summed E-state index contributed by atoms with van der Waals surface area (Å²) < 4.78 is 19.7. The number of anilines is 1. The highest BCUT2D eigenvalue weighted by Crippen LogP contribution is 2.21. The smallest absolute Gasteiger partial charge is 0.271 e. The van der Waals surface area contributed by atoms with Gasteiger partial charge in [-0.15, -0.1) is 0 Å². The minimum atomic E-state index is -0.314. The molecule has 1 fully saturated rings. The molecule has 0 unspecified atom stereocenters. The molecule has 0 radical (unpaired) electrons. The lowest BCUT2D eigenvalue weighted by Crippen LogP contribution is -2.36. The maximum atomic E-state index is 14.4. The summed E-state index contributed by atoms with van der Waals surface area (Å²) in [5.41, 5.74) is 4.20. The van der Waals surface area contributed by atoms with Gasteiger partial charge >= 0.3 is 0 Å². The molecule has 3 aromatic carbocycles. The molecule has 1 saturated heterocycles. The van der Waals surface area contributed by atoms with Crippen LogP contribution in [0, 0.1) is 5.82 Å². The monoisotopic (exact) mass is 377 g/mol. The van der Waals surface area contributed by atoms with Crippen LogP contribution >= 0.6 is 0 Å².